The monoisotopic (exact) mass is 658 g/mol. The molecule has 0 aliphatic heterocycles. The van der Waals surface area contributed by atoms with E-state index in [9.17, 15) is 32.3 Å². The minimum atomic E-state index is -5.35. The number of hydrogen-bond donors (Lipinski definition) is 3. The molecule has 4 N–H and O–H groups in total. The van der Waals surface area contributed by atoms with Crippen molar-refractivity contribution in [2.45, 2.75) is 51.0 Å². The molecular weight excluding hydrogens is 628 g/mol. The Bertz CT molecular complexity index is 1760. The number of nitrogens with one attached hydrogen (secondary N) is 1. The fraction of sp³-hybridized carbons (Fsp3) is 0.312. The summed E-state index contributed by atoms with van der Waals surface area (Å²) >= 11 is 1.43. The number of halogens is 4. The third kappa shape index (κ3) is 7.12. The van der Waals surface area contributed by atoms with Gasteiger partial charge in [0.1, 0.15) is 23.0 Å². The average molecular weight is 659 g/mol. The Morgan fingerprint density at radius 2 is 1.85 bits per heavy atom. The molecule has 0 saturated heterocycles. The number of aromatic nitrogens is 2. The van der Waals surface area contributed by atoms with Crippen molar-refractivity contribution in [1.29, 1.82) is 0 Å². The van der Waals surface area contributed by atoms with Gasteiger partial charge in [-0.25, -0.2) is 14.4 Å². The normalized spacial score (nSPS) is 14.4. The van der Waals surface area contributed by atoms with Crippen LogP contribution in [0.3, 0.4) is 0 Å². The zero-order valence-corrected chi connectivity index (χ0v) is 25.6. The lowest BCUT2D eigenvalue weighted by Gasteiger charge is -2.31. The lowest BCUT2D eigenvalue weighted by Crippen LogP contribution is -2.51. The number of amides is 2. The minimum absolute atomic E-state index is 0.00577. The highest BCUT2D eigenvalue weighted by Gasteiger charge is 2.56. The van der Waals surface area contributed by atoms with Gasteiger partial charge in [-0.1, -0.05) is 0 Å². The zero-order chi connectivity index (χ0) is 33.2. The maximum atomic E-state index is 14.7. The van der Waals surface area contributed by atoms with E-state index in [-0.39, 0.29) is 40.8 Å². The molecule has 4 aromatic rings. The lowest BCUT2D eigenvalue weighted by molar-refractivity contribution is -0.265. The van der Waals surface area contributed by atoms with Crippen LogP contribution in [0.25, 0.3) is 21.7 Å². The van der Waals surface area contributed by atoms with Crippen LogP contribution in [0.1, 0.15) is 46.4 Å². The molecule has 2 aromatic heterocycles. The van der Waals surface area contributed by atoms with E-state index in [1.54, 1.807) is 19.2 Å². The van der Waals surface area contributed by atoms with Gasteiger partial charge in [-0.15, -0.1) is 11.3 Å². The zero-order valence-electron chi connectivity index (χ0n) is 24.8. The van der Waals surface area contributed by atoms with E-state index in [1.807, 2.05) is 6.92 Å². The Labute approximate surface area is 265 Å². The summed E-state index contributed by atoms with van der Waals surface area (Å²) in [5.41, 5.74) is 1.33. The molecule has 0 unspecified atom stereocenters. The van der Waals surface area contributed by atoms with Gasteiger partial charge in [-0.05, 0) is 75.2 Å². The van der Waals surface area contributed by atoms with Crippen LogP contribution in [0.15, 0.2) is 54.7 Å². The Morgan fingerprint density at radius 1 is 1.13 bits per heavy atom. The number of ether oxygens (including phenoxy) is 2. The Balaban J connectivity index is 1.51. The first-order chi connectivity index (χ1) is 21.8. The van der Waals surface area contributed by atoms with E-state index in [0.29, 0.717) is 11.3 Å². The second kappa shape index (κ2) is 13.0. The molecule has 14 heteroatoms. The van der Waals surface area contributed by atoms with Crippen molar-refractivity contribution >= 4 is 23.2 Å². The molecule has 2 heterocycles. The number of pyridine rings is 1. The van der Waals surface area contributed by atoms with Crippen LogP contribution in [0.5, 0.6) is 11.5 Å². The molecule has 5 rings (SSSR count). The number of nitrogens with zero attached hydrogens (tertiary/aromatic N) is 2. The number of carbonyl (C=O) groups is 2. The predicted molar refractivity (Wildman–Crippen MR) is 162 cm³/mol. The fourth-order valence-corrected chi connectivity index (χ4v) is 5.50. The lowest BCUT2D eigenvalue weighted by atomic mass is 9.93. The molecule has 0 radical (unpaired) electrons. The largest absolute Gasteiger partial charge is 0.491 e. The van der Waals surface area contributed by atoms with Crippen molar-refractivity contribution in [1.82, 2.24) is 15.3 Å². The van der Waals surface area contributed by atoms with Gasteiger partial charge < -0.3 is 25.6 Å². The van der Waals surface area contributed by atoms with Crippen molar-refractivity contribution < 1.29 is 41.7 Å². The van der Waals surface area contributed by atoms with Gasteiger partial charge in [0.25, 0.3) is 5.91 Å². The molecular formula is C32H30F4N4O5S. The Morgan fingerprint density at radius 3 is 2.43 bits per heavy atom. The fourth-order valence-electron chi connectivity index (χ4n) is 4.69. The van der Waals surface area contributed by atoms with E-state index in [4.69, 9.17) is 15.2 Å². The van der Waals surface area contributed by atoms with E-state index < -0.39 is 48.1 Å². The minimum Gasteiger partial charge on any atom is -0.491 e. The van der Waals surface area contributed by atoms with Crippen molar-refractivity contribution in [2.75, 3.05) is 13.2 Å². The molecule has 1 aliphatic rings. The summed E-state index contributed by atoms with van der Waals surface area (Å²) < 4.78 is 69.4. The quantitative estimate of drug-likeness (QED) is 0.172. The number of aliphatic hydroxyl groups is 1. The molecule has 2 aromatic carbocycles. The third-order valence-electron chi connectivity index (χ3n) is 7.17. The van der Waals surface area contributed by atoms with Crippen LogP contribution in [0, 0.1) is 12.7 Å². The van der Waals surface area contributed by atoms with Gasteiger partial charge in [0.2, 0.25) is 11.5 Å². The molecule has 2 amide bonds. The molecule has 9 nitrogen and oxygen atoms in total. The van der Waals surface area contributed by atoms with Gasteiger partial charge in [-0.3, -0.25) is 9.59 Å². The third-order valence-corrected chi connectivity index (χ3v) is 8.11. The molecule has 0 spiro atoms. The summed E-state index contributed by atoms with van der Waals surface area (Å²) in [6, 6.07) is 10.1. The maximum absolute atomic E-state index is 14.7. The smallest absolute Gasteiger partial charge is 0.424 e. The first-order valence-corrected chi connectivity index (χ1v) is 15.1. The number of thiazole rings is 1. The van der Waals surface area contributed by atoms with Crippen molar-refractivity contribution in [3.05, 3.63) is 82.4 Å². The number of alkyl halides is 3. The number of hydrogen-bond acceptors (Lipinski definition) is 8. The molecule has 1 atom stereocenters. The number of aryl methyl sites for hydroxylation is 1. The Hall–Kier alpha value is -4.56. The summed E-state index contributed by atoms with van der Waals surface area (Å²) in [6.07, 6.45) is -2.58. The van der Waals surface area contributed by atoms with Crippen molar-refractivity contribution in [3.8, 4) is 33.2 Å². The molecule has 46 heavy (non-hydrogen) atoms. The summed E-state index contributed by atoms with van der Waals surface area (Å²) in [4.78, 5) is 34.3. The SMILES string of the molecule is CCOc1c(CC(N)=O)cc([C@@](O)(CNC(=O)c2ccc(-c3cnc(C)s3)c(OC3CC3)c2)C(F)(F)F)nc1-c1ccc(F)cc1. The maximum Gasteiger partial charge on any atom is 0.424 e. The van der Waals surface area contributed by atoms with Crippen LogP contribution in [-0.4, -0.2) is 52.3 Å². The van der Waals surface area contributed by atoms with Crippen LogP contribution in [-0.2, 0) is 16.8 Å². The van der Waals surface area contributed by atoms with Crippen LogP contribution >= 0.6 is 11.3 Å². The van der Waals surface area contributed by atoms with Crippen molar-refractivity contribution in [2.24, 2.45) is 5.73 Å². The van der Waals surface area contributed by atoms with Gasteiger partial charge in [-0.2, -0.15) is 13.2 Å². The standard InChI is InChI=1S/C32H30F4N4O5S/c1-3-44-29-20(14-27(37)41)13-26(40-28(29)18-4-7-21(33)8-5-18)31(43,32(34,35)36)16-39-30(42)19-6-11-23(25-15-38-17(2)46-25)24(12-19)45-22-9-10-22/h4-8,11-13,15,22,43H,3,9-10,14,16H2,1-2H3,(H2,37,41)(H,39,42)/t31-/m0/s1. The number of primary amides is 1. The summed E-state index contributed by atoms with van der Waals surface area (Å²) in [7, 11) is 0. The van der Waals surface area contributed by atoms with E-state index in [0.717, 1.165) is 40.9 Å². The predicted octanol–water partition coefficient (Wildman–Crippen LogP) is 5.47. The van der Waals surface area contributed by atoms with Gasteiger partial charge in [0.05, 0.1) is 41.3 Å². The number of carbonyl (C=O) groups excluding carboxylic acids is 2. The van der Waals surface area contributed by atoms with Crippen LogP contribution < -0.4 is 20.5 Å². The summed E-state index contributed by atoms with van der Waals surface area (Å²) in [5, 5.41) is 14.2. The van der Waals surface area contributed by atoms with E-state index >= 15 is 0 Å². The first kappa shape index (κ1) is 32.8. The van der Waals surface area contributed by atoms with Crippen molar-refractivity contribution in [3.63, 3.8) is 0 Å². The van der Waals surface area contributed by atoms with Gasteiger partial charge in [0, 0.05) is 28.5 Å². The second-order valence-electron chi connectivity index (χ2n) is 10.7. The van der Waals surface area contributed by atoms with Gasteiger partial charge >= 0.3 is 6.18 Å². The van der Waals surface area contributed by atoms with Gasteiger partial charge in [0.15, 0.2) is 0 Å². The highest BCUT2D eigenvalue weighted by atomic mass is 32.1. The number of nitrogens with two attached hydrogens (primary N) is 1. The van der Waals surface area contributed by atoms with E-state index in [2.05, 4.69) is 15.3 Å². The number of benzene rings is 2. The Kier molecular flexibility index (Phi) is 9.31. The number of rotatable bonds is 12. The molecule has 1 saturated carbocycles. The molecule has 1 fully saturated rings. The molecule has 242 valence electrons. The molecule has 1 aliphatic carbocycles. The topological polar surface area (TPSA) is 137 Å². The highest BCUT2D eigenvalue weighted by Crippen LogP contribution is 2.42. The summed E-state index contributed by atoms with van der Waals surface area (Å²) in [6.45, 7) is 2.18. The van der Waals surface area contributed by atoms with E-state index in [1.165, 1.54) is 35.6 Å². The second-order valence-corrected chi connectivity index (χ2v) is 12.0. The first-order valence-electron chi connectivity index (χ1n) is 14.3. The molecule has 0 bridgehead atoms. The summed E-state index contributed by atoms with van der Waals surface area (Å²) in [5.74, 6) is -2.06. The highest BCUT2D eigenvalue weighted by molar-refractivity contribution is 7.15. The van der Waals surface area contributed by atoms with Crippen LogP contribution in [0.2, 0.25) is 0 Å². The van der Waals surface area contributed by atoms with Crippen LogP contribution in [0.4, 0.5) is 17.6 Å². The average Bonchev–Trinajstić information content (AvgIpc) is 3.72.